The third-order valence-electron chi connectivity index (χ3n) is 2.98. The van der Waals surface area contributed by atoms with Gasteiger partial charge in [0.1, 0.15) is 0 Å². The smallest absolute Gasteiger partial charge is 0.250 e. The Bertz CT molecular complexity index is 480. The number of hydrogen-bond donors (Lipinski definition) is 2. The molecule has 1 aromatic rings. The molecule has 1 heterocycles. The van der Waals surface area contributed by atoms with Gasteiger partial charge in [-0.2, -0.15) is 0 Å². The van der Waals surface area contributed by atoms with Crippen molar-refractivity contribution in [3.8, 4) is 0 Å². The molecule has 0 spiro atoms. The van der Waals surface area contributed by atoms with Gasteiger partial charge in [0.05, 0.1) is 5.69 Å². The fraction of sp³-hybridized carbons (Fsp3) is 0.571. The standard InChI is InChI=1S/C14H23N3O2/c1-10(2)6-11(8-15)7-13(18)16-12-4-5-14(19)17(3)9-12/h4-5,9-11H,6-8,15H2,1-3H3,(H,16,18)/t11-/m0/s1. The zero-order chi connectivity index (χ0) is 14.4. The molecule has 5 nitrogen and oxygen atoms in total. The van der Waals surface area contributed by atoms with Crippen molar-refractivity contribution >= 4 is 11.6 Å². The summed E-state index contributed by atoms with van der Waals surface area (Å²) >= 11 is 0. The highest BCUT2D eigenvalue weighted by Gasteiger charge is 2.14. The molecule has 19 heavy (non-hydrogen) atoms. The highest BCUT2D eigenvalue weighted by molar-refractivity contribution is 5.90. The van der Waals surface area contributed by atoms with Crippen molar-refractivity contribution in [3.05, 3.63) is 28.7 Å². The van der Waals surface area contributed by atoms with Crippen molar-refractivity contribution < 1.29 is 4.79 Å². The van der Waals surface area contributed by atoms with Crippen LogP contribution in [-0.2, 0) is 11.8 Å². The molecule has 0 bridgehead atoms. The quantitative estimate of drug-likeness (QED) is 0.814. The molecule has 5 heteroatoms. The van der Waals surface area contributed by atoms with Gasteiger partial charge in [-0.25, -0.2) is 0 Å². The molecule has 0 aliphatic rings. The second-order valence-corrected chi connectivity index (χ2v) is 5.35. The number of rotatable bonds is 6. The van der Waals surface area contributed by atoms with Crippen molar-refractivity contribution in [2.75, 3.05) is 11.9 Å². The Kier molecular flexibility index (Phi) is 5.76. The van der Waals surface area contributed by atoms with Crippen molar-refractivity contribution in [2.45, 2.75) is 26.7 Å². The van der Waals surface area contributed by atoms with E-state index in [0.29, 0.717) is 24.6 Å². The summed E-state index contributed by atoms with van der Waals surface area (Å²) in [6.45, 7) is 4.75. The van der Waals surface area contributed by atoms with E-state index in [1.54, 1.807) is 19.3 Å². The summed E-state index contributed by atoms with van der Waals surface area (Å²) < 4.78 is 1.43. The molecule has 106 valence electrons. The van der Waals surface area contributed by atoms with Crippen LogP contribution in [-0.4, -0.2) is 17.0 Å². The number of nitrogens with two attached hydrogens (primary N) is 1. The summed E-state index contributed by atoms with van der Waals surface area (Å²) in [7, 11) is 1.65. The molecule has 0 radical (unpaired) electrons. The Balaban J connectivity index is 2.58. The second-order valence-electron chi connectivity index (χ2n) is 5.35. The van der Waals surface area contributed by atoms with Crippen LogP contribution in [0.15, 0.2) is 23.1 Å². The highest BCUT2D eigenvalue weighted by atomic mass is 16.1. The van der Waals surface area contributed by atoms with E-state index in [-0.39, 0.29) is 17.4 Å². The summed E-state index contributed by atoms with van der Waals surface area (Å²) in [5.41, 5.74) is 6.21. The molecule has 1 aromatic heterocycles. The van der Waals surface area contributed by atoms with Gasteiger partial charge in [-0.1, -0.05) is 13.8 Å². The van der Waals surface area contributed by atoms with Crippen molar-refractivity contribution in [3.63, 3.8) is 0 Å². The van der Waals surface area contributed by atoms with E-state index in [9.17, 15) is 9.59 Å². The molecule has 0 saturated carbocycles. The number of aryl methyl sites for hydroxylation is 1. The number of nitrogens with zero attached hydrogens (tertiary/aromatic N) is 1. The first-order chi connectivity index (χ1) is 8.92. The third kappa shape index (κ3) is 5.26. The van der Waals surface area contributed by atoms with Crippen LogP contribution in [0.1, 0.15) is 26.7 Å². The Morgan fingerprint density at radius 3 is 2.63 bits per heavy atom. The Labute approximate surface area is 113 Å². The SMILES string of the molecule is CC(C)C[C@H](CN)CC(=O)Nc1ccc(=O)n(C)c1. The minimum atomic E-state index is -0.0994. The molecule has 0 aromatic carbocycles. The van der Waals surface area contributed by atoms with Gasteiger partial charge in [0, 0.05) is 25.7 Å². The summed E-state index contributed by atoms with van der Waals surface area (Å²) in [5, 5.41) is 2.79. The number of hydrogen-bond acceptors (Lipinski definition) is 3. The fourth-order valence-corrected chi connectivity index (χ4v) is 2.07. The maximum Gasteiger partial charge on any atom is 0.250 e. The lowest BCUT2D eigenvalue weighted by molar-refractivity contribution is -0.117. The van der Waals surface area contributed by atoms with Crippen molar-refractivity contribution in [1.29, 1.82) is 0 Å². The van der Waals surface area contributed by atoms with E-state index < -0.39 is 0 Å². The molecule has 1 atom stereocenters. The Hall–Kier alpha value is -1.62. The van der Waals surface area contributed by atoms with E-state index in [0.717, 1.165) is 6.42 Å². The predicted octanol–water partition coefficient (Wildman–Crippen LogP) is 1.33. The van der Waals surface area contributed by atoms with Crippen molar-refractivity contribution in [2.24, 2.45) is 24.6 Å². The minimum absolute atomic E-state index is 0.0604. The number of anilines is 1. The molecule has 0 unspecified atom stereocenters. The molecule has 0 fully saturated rings. The number of pyridine rings is 1. The molecular weight excluding hydrogens is 242 g/mol. The topological polar surface area (TPSA) is 77.1 Å². The number of carbonyl (C=O) groups is 1. The van der Waals surface area contributed by atoms with Crippen LogP contribution in [0.3, 0.4) is 0 Å². The monoisotopic (exact) mass is 265 g/mol. The summed E-state index contributed by atoms with van der Waals surface area (Å²) in [6, 6.07) is 3.05. The van der Waals surface area contributed by atoms with Gasteiger partial charge in [-0.05, 0) is 30.9 Å². The van der Waals surface area contributed by atoms with Gasteiger partial charge in [0.2, 0.25) is 11.5 Å². The molecule has 1 amide bonds. The zero-order valence-electron chi connectivity index (χ0n) is 11.8. The first kappa shape index (κ1) is 15.4. The van der Waals surface area contributed by atoms with Crippen LogP contribution in [0.25, 0.3) is 0 Å². The van der Waals surface area contributed by atoms with Gasteiger partial charge in [-0.3, -0.25) is 9.59 Å². The third-order valence-corrected chi connectivity index (χ3v) is 2.98. The van der Waals surface area contributed by atoms with Gasteiger partial charge in [0.25, 0.3) is 0 Å². The van der Waals surface area contributed by atoms with Crippen LogP contribution >= 0.6 is 0 Å². The Morgan fingerprint density at radius 1 is 1.42 bits per heavy atom. The van der Waals surface area contributed by atoms with E-state index in [4.69, 9.17) is 5.73 Å². The fourth-order valence-electron chi connectivity index (χ4n) is 2.07. The maximum absolute atomic E-state index is 11.9. The van der Waals surface area contributed by atoms with E-state index in [1.165, 1.54) is 10.6 Å². The highest BCUT2D eigenvalue weighted by Crippen LogP contribution is 2.15. The molecule has 0 aliphatic carbocycles. The van der Waals surface area contributed by atoms with E-state index in [1.807, 2.05) is 0 Å². The lowest BCUT2D eigenvalue weighted by Crippen LogP contribution is -2.24. The number of aromatic nitrogens is 1. The summed E-state index contributed by atoms with van der Waals surface area (Å²) in [5.74, 6) is 0.668. The molecule has 0 aliphatic heterocycles. The minimum Gasteiger partial charge on any atom is -0.330 e. The molecule has 1 rings (SSSR count). The second kappa shape index (κ2) is 7.09. The predicted molar refractivity (Wildman–Crippen MR) is 76.9 cm³/mol. The van der Waals surface area contributed by atoms with Crippen LogP contribution < -0.4 is 16.6 Å². The van der Waals surface area contributed by atoms with Gasteiger partial charge in [0.15, 0.2) is 0 Å². The van der Waals surface area contributed by atoms with Gasteiger partial charge < -0.3 is 15.6 Å². The molecular formula is C14H23N3O2. The number of nitrogens with one attached hydrogen (secondary N) is 1. The summed E-state index contributed by atoms with van der Waals surface area (Å²) in [6.07, 6.45) is 2.97. The maximum atomic E-state index is 11.9. The van der Waals surface area contributed by atoms with Gasteiger partial charge in [-0.15, -0.1) is 0 Å². The number of carbonyl (C=O) groups excluding carboxylic acids is 1. The van der Waals surface area contributed by atoms with Crippen LogP contribution in [0.5, 0.6) is 0 Å². The summed E-state index contributed by atoms with van der Waals surface area (Å²) in [4.78, 5) is 23.1. The average Bonchev–Trinajstić information content (AvgIpc) is 2.32. The molecule has 0 saturated heterocycles. The van der Waals surface area contributed by atoms with Gasteiger partial charge >= 0.3 is 0 Å². The number of amides is 1. The first-order valence-corrected chi connectivity index (χ1v) is 6.59. The normalized spacial score (nSPS) is 12.5. The molecule has 3 N–H and O–H groups in total. The van der Waals surface area contributed by atoms with E-state index in [2.05, 4.69) is 19.2 Å². The van der Waals surface area contributed by atoms with Crippen LogP contribution in [0, 0.1) is 11.8 Å². The lowest BCUT2D eigenvalue weighted by Gasteiger charge is -2.16. The first-order valence-electron chi connectivity index (χ1n) is 6.59. The average molecular weight is 265 g/mol. The van der Waals surface area contributed by atoms with Crippen LogP contribution in [0.4, 0.5) is 5.69 Å². The lowest BCUT2D eigenvalue weighted by atomic mass is 9.94. The Morgan fingerprint density at radius 2 is 2.11 bits per heavy atom. The largest absolute Gasteiger partial charge is 0.330 e. The zero-order valence-corrected chi connectivity index (χ0v) is 11.8. The van der Waals surface area contributed by atoms with E-state index >= 15 is 0 Å². The van der Waals surface area contributed by atoms with Crippen molar-refractivity contribution in [1.82, 2.24) is 4.57 Å². The van der Waals surface area contributed by atoms with Crippen LogP contribution in [0.2, 0.25) is 0 Å².